The van der Waals surface area contributed by atoms with Crippen LogP contribution in [-0.2, 0) is 9.59 Å². The van der Waals surface area contributed by atoms with E-state index in [0.717, 1.165) is 6.42 Å². The molecule has 0 aromatic heterocycles. The molecule has 0 aliphatic carbocycles. The van der Waals surface area contributed by atoms with Crippen molar-refractivity contribution in [2.75, 3.05) is 19.6 Å². The highest BCUT2D eigenvalue weighted by atomic mass is 16.2. The minimum Gasteiger partial charge on any atom is -0.354 e. The van der Waals surface area contributed by atoms with Crippen molar-refractivity contribution in [3.8, 4) is 6.07 Å². The van der Waals surface area contributed by atoms with Crippen LogP contribution in [0.15, 0.2) is 0 Å². The first-order chi connectivity index (χ1) is 8.60. The number of nitrogens with zero attached hydrogens (tertiary/aromatic N) is 1. The molecule has 0 saturated carbocycles. The lowest BCUT2D eigenvalue weighted by atomic mass is 10.2. The summed E-state index contributed by atoms with van der Waals surface area (Å²) in [5.41, 5.74) is 0. The summed E-state index contributed by atoms with van der Waals surface area (Å²) in [4.78, 5) is 22.6. The molecule has 18 heavy (non-hydrogen) atoms. The first-order valence-corrected chi connectivity index (χ1v) is 6.23. The Morgan fingerprint density at radius 2 is 2.00 bits per heavy atom. The Labute approximate surface area is 108 Å². The number of hydrogen-bond acceptors (Lipinski definition) is 4. The lowest BCUT2D eigenvalue weighted by Gasteiger charge is -2.11. The molecule has 0 aromatic carbocycles. The van der Waals surface area contributed by atoms with Crippen LogP contribution < -0.4 is 16.0 Å². The SMILES string of the molecule is CCC(C)NC(=O)CCNCC(=O)NCCC#N. The van der Waals surface area contributed by atoms with E-state index in [1.807, 2.05) is 19.9 Å². The molecule has 1 unspecified atom stereocenters. The number of rotatable bonds is 9. The summed E-state index contributed by atoms with van der Waals surface area (Å²) in [6.07, 6.45) is 1.57. The lowest BCUT2D eigenvalue weighted by molar-refractivity contribution is -0.122. The van der Waals surface area contributed by atoms with Gasteiger partial charge in [-0.05, 0) is 13.3 Å². The van der Waals surface area contributed by atoms with Crippen molar-refractivity contribution in [1.82, 2.24) is 16.0 Å². The van der Waals surface area contributed by atoms with Gasteiger partial charge in [-0.15, -0.1) is 0 Å². The van der Waals surface area contributed by atoms with E-state index in [9.17, 15) is 9.59 Å². The molecule has 6 heteroatoms. The summed E-state index contributed by atoms with van der Waals surface area (Å²) in [5, 5.41) is 16.6. The quantitative estimate of drug-likeness (QED) is 0.501. The number of hydrogen-bond donors (Lipinski definition) is 3. The highest BCUT2D eigenvalue weighted by Gasteiger charge is 2.05. The molecule has 2 amide bonds. The predicted octanol–water partition coefficient (Wildman–Crippen LogP) is -0.0893. The molecule has 0 heterocycles. The molecular weight excluding hydrogens is 232 g/mol. The van der Waals surface area contributed by atoms with Crippen molar-refractivity contribution in [3.05, 3.63) is 0 Å². The van der Waals surface area contributed by atoms with E-state index in [1.54, 1.807) is 0 Å². The minimum atomic E-state index is -0.160. The number of amides is 2. The number of carbonyl (C=O) groups is 2. The molecule has 0 spiro atoms. The first kappa shape index (κ1) is 16.4. The number of nitriles is 1. The maximum absolute atomic E-state index is 11.4. The Balaban J connectivity index is 3.47. The van der Waals surface area contributed by atoms with E-state index >= 15 is 0 Å². The Bertz CT molecular complexity index is 299. The van der Waals surface area contributed by atoms with Crippen LogP contribution in [0.25, 0.3) is 0 Å². The van der Waals surface area contributed by atoms with Gasteiger partial charge in [-0.3, -0.25) is 9.59 Å². The van der Waals surface area contributed by atoms with E-state index in [0.29, 0.717) is 25.9 Å². The summed E-state index contributed by atoms with van der Waals surface area (Å²) in [7, 11) is 0. The maximum Gasteiger partial charge on any atom is 0.233 e. The van der Waals surface area contributed by atoms with Crippen LogP contribution in [0.2, 0.25) is 0 Å². The molecule has 0 fully saturated rings. The largest absolute Gasteiger partial charge is 0.354 e. The van der Waals surface area contributed by atoms with Gasteiger partial charge in [0.1, 0.15) is 0 Å². The van der Waals surface area contributed by atoms with Crippen molar-refractivity contribution < 1.29 is 9.59 Å². The maximum atomic E-state index is 11.4. The summed E-state index contributed by atoms with van der Waals surface area (Å²) in [6, 6.07) is 2.13. The van der Waals surface area contributed by atoms with Gasteiger partial charge in [0.2, 0.25) is 11.8 Å². The van der Waals surface area contributed by atoms with Crippen molar-refractivity contribution in [2.45, 2.75) is 39.2 Å². The summed E-state index contributed by atoms with van der Waals surface area (Å²) in [6.45, 7) is 4.96. The predicted molar refractivity (Wildman–Crippen MR) is 68.6 cm³/mol. The zero-order chi connectivity index (χ0) is 13.8. The van der Waals surface area contributed by atoms with E-state index in [4.69, 9.17) is 5.26 Å². The molecule has 3 N–H and O–H groups in total. The van der Waals surface area contributed by atoms with Crippen molar-refractivity contribution in [3.63, 3.8) is 0 Å². The lowest BCUT2D eigenvalue weighted by Crippen LogP contribution is -2.37. The monoisotopic (exact) mass is 254 g/mol. The second-order valence-corrected chi connectivity index (χ2v) is 4.06. The van der Waals surface area contributed by atoms with Gasteiger partial charge in [0.25, 0.3) is 0 Å². The average molecular weight is 254 g/mol. The van der Waals surface area contributed by atoms with Gasteiger partial charge in [0, 0.05) is 25.6 Å². The fraction of sp³-hybridized carbons (Fsp3) is 0.750. The smallest absolute Gasteiger partial charge is 0.233 e. The standard InChI is InChI=1S/C12H22N4O2/c1-3-10(2)16-11(17)5-8-14-9-12(18)15-7-4-6-13/h10,14H,3-5,7-9H2,1-2H3,(H,15,18)(H,16,17). The molecular formula is C12H22N4O2. The van der Waals surface area contributed by atoms with Gasteiger partial charge in [-0.2, -0.15) is 5.26 Å². The third kappa shape index (κ3) is 9.60. The highest BCUT2D eigenvalue weighted by Crippen LogP contribution is 1.88. The molecule has 0 bridgehead atoms. The van der Waals surface area contributed by atoms with Crippen molar-refractivity contribution in [1.29, 1.82) is 5.26 Å². The molecule has 6 nitrogen and oxygen atoms in total. The normalized spacial score (nSPS) is 11.4. The fourth-order valence-electron chi connectivity index (χ4n) is 1.17. The molecule has 0 aliphatic heterocycles. The average Bonchev–Trinajstić information content (AvgIpc) is 2.34. The molecule has 0 rings (SSSR count). The van der Waals surface area contributed by atoms with Crippen molar-refractivity contribution in [2.24, 2.45) is 0 Å². The highest BCUT2D eigenvalue weighted by molar-refractivity contribution is 5.78. The van der Waals surface area contributed by atoms with Crippen LogP contribution in [-0.4, -0.2) is 37.5 Å². The van der Waals surface area contributed by atoms with E-state index in [-0.39, 0.29) is 24.4 Å². The molecule has 0 aromatic rings. The van der Waals surface area contributed by atoms with Crippen LogP contribution in [0.5, 0.6) is 0 Å². The number of nitrogens with one attached hydrogen (secondary N) is 3. The molecule has 1 atom stereocenters. The minimum absolute atomic E-state index is 0.0123. The number of carbonyl (C=O) groups excluding carboxylic acids is 2. The summed E-state index contributed by atoms with van der Waals surface area (Å²) in [5.74, 6) is -0.172. The molecule has 0 radical (unpaired) electrons. The second kappa shape index (κ2) is 10.5. The van der Waals surface area contributed by atoms with Gasteiger partial charge in [-0.25, -0.2) is 0 Å². The molecule has 102 valence electrons. The Hall–Kier alpha value is -1.61. The van der Waals surface area contributed by atoms with Crippen LogP contribution in [0.1, 0.15) is 33.1 Å². The summed E-state index contributed by atoms with van der Waals surface area (Å²) < 4.78 is 0. The van der Waals surface area contributed by atoms with Crippen molar-refractivity contribution >= 4 is 11.8 Å². The zero-order valence-corrected chi connectivity index (χ0v) is 11.1. The topological polar surface area (TPSA) is 94.0 Å². The first-order valence-electron chi connectivity index (χ1n) is 6.23. The van der Waals surface area contributed by atoms with Gasteiger partial charge in [-0.1, -0.05) is 6.92 Å². The Kier molecular flexibility index (Phi) is 9.60. The zero-order valence-electron chi connectivity index (χ0n) is 11.1. The summed E-state index contributed by atoms with van der Waals surface area (Å²) >= 11 is 0. The van der Waals surface area contributed by atoms with Gasteiger partial charge >= 0.3 is 0 Å². The van der Waals surface area contributed by atoms with Gasteiger partial charge in [0.05, 0.1) is 19.0 Å². The van der Waals surface area contributed by atoms with Gasteiger partial charge < -0.3 is 16.0 Å². The third-order valence-corrected chi connectivity index (χ3v) is 2.39. The fourth-order valence-corrected chi connectivity index (χ4v) is 1.17. The van der Waals surface area contributed by atoms with E-state index in [1.165, 1.54) is 0 Å². The Morgan fingerprint density at radius 3 is 2.61 bits per heavy atom. The molecule has 0 saturated heterocycles. The van der Waals surface area contributed by atoms with E-state index in [2.05, 4.69) is 16.0 Å². The van der Waals surface area contributed by atoms with Gasteiger partial charge in [0.15, 0.2) is 0 Å². The van der Waals surface area contributed by atoms with Crippen LogP contribution in [0.3, 0.4) is 0 Å². The third-order valence-electron chi connectivity index (χ3n) is 2.39. The van der Waals surface area contributed by atoms with E-state index < -0.39 is 0 Å². The Morgan fingerprint density at radius 1 is 1.28 bits per heavy atom. The van der Waals surface area contributed by atoms with Crippen LogP contribution >= 0.6 is 0 Å². The second-order valence-electron chi connectivity index (χ2n) is 4.06. The van der Waals surface area contributed by atoms with Crippen LogP contribution in [0, 0.1) is 11.3 Å². The van der Waals surface area contributed by atoms with Crippen LogP contribution in [0.4, 0.5) is 0 Å². The molecule has 0 aliphatic rings.